The number of aryl methyl sites for hydroxylation is 2. The van der Waals surface area contributed by atoms with Crippen LogP contribution in [0.1, 0.15) is 28.2 Å². The Balaban J connectivity index is 1.93. The van der Waals surface area contributed by atoms with Crippen molar-refractivity contribution in [1.29, 1.82) is 5.26 Å². The Bertz CT molecular complexity index is 1040. The average Bonchev–Trinajstić information content (AvgIpc) is 3.05. The maximum atomic E-state index is 9.71. The van der Waals surface area contributed by atoms with Gasteiger partial charge >= 0.3 is 0 Å². The van der Waals surface area contributed by atoms with Crippen LogP contribution in [0.5, 0.6) is 5.88 Å². The molecule has 1 atom stereocenters. The number of nitrogens with zero attached hydrogens (tertiary/aromatic N) is 2. The normalized spacial score (nSPS) is 16.0. The lowest BCUT2D eigenvalue weighted by molar-refractivity contribution is 0.379. The first kappa shape index (κ1) is 16.0. The number of nitrogens with two attached hydrogens (primary N) is 1. The number of rotatable bonds is 2. The molecule has 0 unspecified atom stereocenters. The number of allylic oxidation sites excluding steroid dienone is 1. The van der Waals surface area contributed by atoms with E-state index in [4.69, 9.17) is 10.5 Å². The number of nitrogens with one attached hydrogen (secondary N) is 1. The first-order valence-electron chi connectivity index (χ1n) is 8.38. The van der Waals surface area contributed by atoms with Crippen molar-refractivity contribution in [3.8, 4) is 23.2 Å². The molecule has 0 saturated carbocycles. The van der Waals surface area contributed by atoms with Crippen LogP contribution in [0.3, 0.4) is 0 Å². The highest BCUT2D eigenvalue weighted by atomic mass is 16.5. The molecule has 1 aliphatic heterocycles. The van der Waals surface area contributed by atoms with Crippen molar-refractivity contribution in [2.45, 2.75) is 19.8 Å². The number of hydrogen-bond acceptors (Lipinski definition) is 4. The van der Waals surface area contributed by atoms with Crippen LogP contribution in [0, 0.1) is 25.2 Å². The number of hydrogen-bond donors (Lipinski definition) is 2. The Morgan fingerprint density at radius 1 is 1.04 bits per heavy atom. The number of nitriles is 1. The zero-order valence-corrected chi connectivity index (χ0v) is 14.6. The monoisotopic (exact) mass is 342 g/mol. The Kier molecular flexibility index (Phi) is 3.74. The predicted octanol–water partition coefficient (Wildman–Crippen LogP) is 3.91. The first-order valence-corrected chi connectivity index (χ1v) is 8.38. The highest BCUT2D eigenvalue weighted by Crippen LogP contribution is 2.45. The standard InChI is InChI=1S/C21H18N4O/c1-12-3-7-14(8-4-12)17-16(11-22)20(23)26-21-18(17)19(24-25-21)15-9-5-13(2)6-10-15/h3-10,17H,23H2,1-2H3,(H,24,25)/t17-/m0/s1. The van der Waals surface area contributed by atoms with E-state index < -0.39 is 0 Å². The number of aromatic amines is 1. The Morgan fingerprint density at radius 2 is 1.65 bits per heavy atom. The molecule has 0 bridgehead atoms. The number of fused-ring (bicyclic) bond motifs is 1. The van der Waals surface area contributed by atoms with Gasteiger partial charge in [-0.15, -0.1) is 5.10 Å². The number of aromatic nitrogens is 2. The van der Waals surface area contributed by atoms with Gasteiger partial charge in [0.1, 0.15) is 11.6 Å². The molecule has 1 aliphatic rings. The number of ether oxygens (including phenoxy) is 1. The summed E-state index contributed by atoms with van der Waals surface area (Å²) in [5.74, 6) is 0.203. The van der Waals surface area contributed by atoms with Crippen LogP contribution in [0.25, 0.3) is 11.3 Å². The van der Waals surface area contributed by atoms with Crippen LogP contribution >= 0.6 is 0 Å². The maximum Gasteiger partial charge on any atom is 0.244 e. The molecule has 26 heavy (non-hydrogen) atoms. The molecule has 2 heterocycles. The predicted molar refractivity (Wildman–Crippen MR) is 99.2 cm³/mol. The highest BCUT2D eigenvalue weighted by Gasteiger charge is 2.35. The smallest absolute Gasteiger partial charge is 0.244 e. The lowest BCUT2D eigenvalue weighted by Gasteiger charge is -2.24. The van der Waals surface area contributed by atoms with Crippen molar-refractivity contribution in [3.05, 3.63) is 82.2 Å². The van der Waals surface area contributed by atoms with Crippen molar-refractivity contribution in [2.75, 3.05) is 0 Å². The Hall–Kier alpha value is -3.52. The Morgan fingerprint density at radius 3 is 2.27 bits per heavy atom. The summed E-state index contributed by atoms with van der Waals surface area (Å²) in [5, 5.41) is 17.1. The fraction of sp³-hybridized carbons (Fsp3) is 0.143. The molecule has 5 nitrogen and oxygen atoms in total. The van der Waals surface area contributed by atoms with Gasteiger partial charge in [0.25, 0.3) is 0 Å². The van der Waals surface area contributed by atoms with Crippen LogP contribution < -0.4 is 10.5 Å². The topological polar surface area (TPSA) is 87.7 Å². The minimum atomic E-state index is -0.320. The molecule has 2 aromatic carbocycles. The third-order valence-electron chi connectivity index (χ3n) is 4.69. The summed E-state index contributed by atoms with van der Waals surface area (Å²) in [4.78, 5) is 0. The molecule has 3 N–H and O–H groups in total. The van der Waals surface area contributed by atoms with Gasteiger partial charge in [-0.05, 0) is 19.4 Å². The van der Waals surface area contributed by atoms with E-state index in [0.29, 0.717) is 11.5 Å². The van der Waals surface area contributed by atoms with Crippen LogP contribution in [0.4, 0.5) is 0 Å². The highest BCUT2D eigenvalue weighted by molar-refractivity contribution is 5.71. The summed E-state index contributed by atoms with van der Waals surface area (Å²) in [6, 6.07) is 18.5. The summed E-state index contributed by atoms with van der Waals surface area (Å²) >= 11 is 0. The molecule has 0 saturated heterocycles. The Labute approximate surface area is 151 Å². The van der Waals surface area contributed by atoms with E-state index in [9.17, 15) is 5.26 Å². The number of H-pyrrole nitrogens is 1. The van der Waals surface area contributed by atoms with Crippen molar-refractivity contribution in [2.24, 2.45) is 5.73 Å². The lowest BCUT2D eigenvalue weighted by Crippen LogP contribution is -2.21. The van der Waals surface area contributed by atoms with E-state index in [1.54, 1.807) is 0 Å². The fourth-order valence-corrected chi connectivity index (χ4v) is 3.28. The molecule has 4 rings (SSSR count). The van der Waals surface area contributed by atoms with Gasteiger partial charge in [-0.1, -0.05) is 59.7 Å². The van der Waals surface area contributed by atoms with Crippen molar-refractivity contribution >= 4 is 0 Å². The quantitative estimate of drug-likeness (QED) is 0.739. The minimum absolute atomic E-state index is 0.104. The van der Waals surface area contributed by atoms with Gasteiger partial charge in [-0.3, -0.25) is 5.10 Å². The zero-order valence-electron chi connectivity index (χ0n) is 14.6. The molecule has 128 valence electrons. The SMILES string of the molecule is Cc1ccc(-c2[nH]nc3c2[C@@H](c2ccc(C)cc2)C(C#N)=C(N)O3)cc1. The second kappa shape index (κ2) is 6.08. The van der Waals surface area contributed by atoms with E-state index in [1.165, 1.54) is 5.56 Å². The zero-order chi connectivity index (χ0) is 18.3. The van der Waals surface area contributed by atoms with Crippen LogP contribution in [-0.4, -0.2) is 10.2 Å². The molecule has 0 spiro atoms. The average molecular weight is 342 g/mol. The summed E-state index contributed by atoms with van der Waals surface area (Å²) in [7, 11) is 0. The van der Waals surface area contributed by atoms with E-state index in [2.05, 4.69) is 16.3 Å². The molecule has 0 radical (unpaired) electrons. The van der Waals surface area contributed by atoms with Gasteiger partial charge in [-0.25, -0.2) is 0 Å². The molecule has 0 amide bonds. The minimum Gasteiger partial charge on any atom is -0.420 e. The van der Waals surface area contributed by atoms with E-state index in [0.717, 1.165) is 27.9 Å². The second-order valence-electron chi connectivity index (χ2n) is 6.52. The van der Waals surface area contributed by atoms with Gasteiger partial charge in [0.05, 0.1) is 17.2 Å². The molecular formula is C21H18N4O. The van der Waals surface area contributed by atoms with Crippen LogP contribution in [0.15, 0.2) is 60.0 Å². The molecular weight excluding hydrogens is 324 g/mol. The van der Waals surface area contributed by atoms with Crippen molar-refractivity contribution < 1.29 is 4.74 Å². The van der Waals surface area contributed by atoms with Crippen LogP contribution in [0.2, 0.25) is 0 Å². The van der Waals surface area contributed by atoms with E-state index >= 15 is 0 Å². The van der Waals surface area contributed by atoms with Gasteiger partial charge in [-0.2, -0.15) is 5.26 Å². The maximum absolute atomic E-state index is 9.71. The molecule has 5 heteroatoms. The van der Waals surface area contributed by atoms with Gasteiger partial charge in [0, 0.05) is 5.56 Å². The summed E-state index contributed by atoms with van der Waals surface area (Å²) < 4.78 is 5.63. The largest absolute Gasteiger partial charge is 0.420 e. The summed E-state index contributed by atoms with van der Waals surface area (Å²) in [6.07, 6.45) is 0. The van der Waals surface area contributed by atoms with E-state index in [-0.39, 0.29) is 11.8 Å². The molecule has 0 aliphatic carbocycles. The van der Waals surface area contributed by atoms with Gasteiger partial charge < -0.3 is 10.5 Å². The lowest BCUT2D eigenvalue weighted by atomic mass is 9.83. The van der Waals surface area contributed by atoms with Gasteiger partial charge in [0.2, 0.25) is 11.8 Å². The van der Waals surface area contributed by atoms with Crippen molar-refractivity contribution in [3.63, 3.8) is 0 Å². The third-order valence-corrected chi connectivity index (χ3v) is 4.69. The second-order valence-corrected chi connectivity index (χ2v) is 6.52. The molecule has 0 fully saturated rings. The molecule has 3 aromatic rings. The summed E-state index contributed by atoms with van der Waals surface area (Å²) in [5.41, 5.74) is 12.4. The molecule has 1 aromatic heterocycles. The van der Waals surface area contributed by atoms with Crippen LogP contribution in [-0.2, 0) is 0 Å². The van der Waals surface area contributed by atoms with Crippen molar-refractivity contribution in [1.82, 2.24) is 10.2 Å². The fourth-order valence-electron chi connectivity index (χ4n) is 3.28. The third kappa shape index (κ3) is 2.52. The van der Waals surface area contributed by atoms with Gasteiger partial charge in [0.15, 0.2) is 0 Å². The summed E-state index contributed by atoms with van der Waals surface area (Å²) in [6.45, 7) is 4.08. The number of benzene rings is 2. The van der Waals surface area contributed by atoms with E-state index in [1.807, 2.05) is 62.4 Å². The first-order chi connectivity index (χ1) is 12.6.